The van der Waals surface area contributed by atoms with E-state index in [-0.39, 0.29) is 16.7 Å². The van der Waals surface area contributed by atoms with Crippen molar-refractivity contribution in [3.8, 4) is 0 Å². The predicted octanol–water partition coefficient (Wildman–Crippen LogP) is 2.71. The molecule has 112 valence electrons. The van der Waals surface area contributed by atoms with Gasteiger partial charge in [-0.3, -0.25) is 10.1 Å². The minimum absolute atomic E-state index is 0.0979. The minimum Gasteiger partial charge on any atom is -0.388 e. The molecule has 1 saturated heterocycles. The molecule has 1 aromatic heterocycles. The highest BCUT2D eigenvalue weighted by molar-refractivity contribution is 7.16. The van der Waals surface area contributed by atoms with Crippen LogP contribution in [0.4, 0.5) is 10.7 Å². The number of nitrogens with zero attached hydrogens (tertiary/aromatic N) is 2. The second-order valence-corrected chi connectivity index (χ2v) is 5.98. The van der Waals surface area contributed by atoms with E-state index in [0.29, 0.717) is 16.5 Å². The van der Waals surface area contributed by atoms with Crippen LogP contribution < -0.4 is 4.90 Å². The molecule has 6 nitrogen and oxygen atoms in total. The standard InChI is InChI=1S/C13H20N2O4S/c1-3-19-10-4-6-14(7-5-10)13-11(15(17)18)8-12(20-13)9(2)16/h8-10,16H,3-7H2,1-2H3. The van der Waals surface area contributed by atoms with Gasteiger partial charge in [0, 0.05) is 30.6 Å². The lowest BCUT2D eigenvalue weighted by atomic mass is 10.1. The summed E-state index contributed by atoms with van der Waals surface area (Å²) in [4.78, 5) is 13.4. The lowest BCUT2D eigenvalue weighted by Crippen LogP contribution is -2.36. The van der Waals surface area contributed by atoms with Gasteiger partial charge in [-0.05, 0) is 26.7 Å². The van der Waals surface area contributed by atoms with Crippen molar-refractivity contribution >= 4 is 22.0 Å². The summed E-state index contributed by atoms with van der Waals surface area (Å²) in [6, 6.07) is 1.49. The number of aliphatic hydroxyl groups is 1. The molecule has 1 aromatic rings. The molecule has 1 N–H and O–H groups in total. The average Bonchev–Trinajstić information content (AvgIpc) is 2.85. The Bertz CT molecular complexity index is 467. The first-order valence-electron chi connectivity index (χ1n) is 6.85. The second-order valence-electron chi connectivity index (χ2n) is 4.91. The zero-order valence-corrected chi connectivity index (χ0v) is 12.6. The van der Waals surface area contributed by atoms with Crippen LogP contribution in [0.5, 0.6) is 0 Å². The molecular weight excluding hydrogens is 280 g/mol. The summed E-state index contributed by atoms with van der Waals surface area (Å²) in [5.41, 5.74) is 0.0979. The predicted molar refractivity (Wildman–Crippen MR) is 78.5 cm³/mol. The van der Waals surface area contributed by atoms with Gasteiger partial charge in [0.2, 0.25) is 0 Å². The summed E-state index contributed by atoms with van der Waals surface area (Å²) in [6.45, 7) is 5.82. The summed E-state index contributed by atoms with van der Waals surface area (Å²) in [5, 5.41) is 21.4. The Morgan fingerprint density at radius 3 is 2.75 bits per heavy atom. The third kappa shape index (κ3) is 3.28. The summed E-state index contributed by atoms with van der Waals surface area (Å²) in [7, 11) is 0. The van der Waals surface area contributed by atoms with E-state index in [0.717, 1.165) is 25.9 Å². The maximum absolute atomic E-state index is 11.1. The summed E-state index contributed by atoms with van der Waals surface area (Å²) in [5.74, 6) is 0. The summed E-state index contributed by atoms with van der Waals surface area (Å²) >= 11 is 1.31. The number of piperidine rings is 1. The van der Waals surface area contributed by atoms with Crippen LogP contribution in [-0.2, 0) is 4.74 Å². The molecule has 0 aliphatic carbocycles. The Balaban J connectivity index is 2.14. The normalized spacial score (nSPS) is 18.2. The van der Waals surface area contributed by atoms with E-state index in [1.165, 1.54) is 17.4 Å². The lowest BCUT2D eigenvalue weighted by molar-refractivity contribution is -0.383. The van der Waals surface area contributed by atoms with Crippen LogP contribution in [0, 0.1) is 10.1 Å². The maximum Gasteiger partial charge on any atom is 0.304 e. The number of ether oxygens (including phenoxy) is 1. The molecule has 0 saturated carbocycles. The largest absolute Gasteiger partial charge is 0.388 e. The van der Waals surface area contributed by atoms with E-state index in [2.05, 4.69) is 0 Å². The van der Waals surface area contributed by atoms with Gasteiger partial charge in [0.05, 0.1) is 17.1 Å². The van der Waals surface area contributed by atoms with Crippen molar-refractivity contribution in [2.45, 2.75) is 38.9 Å². The fourth-order valence-corrected chi connectivity index (χ4v) is 3.53. The first kappa shape index (κ1) is 15.2. The third-order valence-corrected chi connectivity index (χ3v) is 4.81. The molecule has 20 heavy (non-hydrogen) atoms. The van der Waals surface area contributed by atoms with Crippen molar-refractivity contribution in [1.82, 2.24) is 0 Å². The molecule has 1 atom stereocenters. The molecule has 2 heterocycles. The van der Waals surface area contributed by atoms with Crippen LogP contribution in [0.2, 0.25) is 0 Å². The van der Waals surface area contributed by atoms with Gasteiger partial charge in [-0.25, -0.2) is 0 Å². The molecule has 0 aromatic carbocycles. The van der Waals surface area contributed by atoms with Crippen LogP contribution in [0.15, 0.2) is 6.07 Å². The monoisotopic (exact) mass is 300 g/mol. The average molecular weight is 300 g/mol. The molecule has 7 heteroatoms. The number of hydrogen-bond acceptors (Lipinski definition) is 6. The molecule has 2 rings (SSSR count). The molecule has 0 amide bonds. The zero-order valence-electron chi connectivity index (χ0n) is 11.7. The number of rotatable bonds is 5. The molecule has 1 aliphatic rings. The van der Waals surface area contributed by atoms with Gasteiger partial charge in [-0.1, -0.05) is 0 Å². The Kier molecular flexibility index (Phi) is 4.95. The first-order chi connectivity index (χ1) is 9.52. The van der Waals surface area contributed by atoms with Crippen molar-refractivity contribution in [2.75, 3.05) is 24.6 Å². The number of thiophene rings is 1. The minimum atomic E-state index is -0.673. The lowest BCUT2D eigenvalue weighted by Gasteiger charge is -2.31. The highest BCUT2D eigenvalue weighted by Crippen LogP contribution is 2.41. The maximum atomic E-state index is 11.1. The molecule has 1 unspecified atom stereocenters. The van der Waals surface area contributed by atoms with E-state index in [9.17, 15) is 15.2 Å². The zero-order chi connectivity index (χ0) is 14.7. The van der Waals surface area contributed by atoms with E-state index in [1.54, 1.807) is 6.92 Å². The molecular formula is C13H20N2O4S. The number of hydrogen-bond donors (Lipinski definition) is 1. The highest BCUT2D eigenvalue weighted by atomic mass is 32.1. The van der Waals surface area contributed by atoms with Crippen molar-refractivity contribution in [3.63, 3.8) is 0 Å². The van der Waals surface area contributed by atoms with Gasteiger partial charge in [0.15, 0.2) is 5.00 Å². The van der Waals surface area contributed by atoms with E-state index >= 15 is 0 Å². The SMILES string of the molecule is CCOC1CCN(c2sc(C(C)O)cc2[N+](=O)[O-])CC1. The fourth-order valence-electron chi connectivity index (χ4n) is 2.41. The van der Waals surface area contributed by atoms with Crippen molar-refractivity contribution in [2.24, 2.45) is 0 Å². The number of aliphatic hydroxyl groups excluding tert-OH is 1. The van der Waals surface area contributed by atoms with Crippen LogP contribution in [-0.4, -0.2) is 35.8 Å². The topological polar surface area (TPSA) is 75.8 Å². The third-order valence-electron chi connectivity index (χ3n) is 3.45. The van der Waals surface area contributed by atoms with Crippen molar-refractivity contribution < 1.29 is 14.8 Å². The van der Waals surface area contributed by atoms with Gasteiger partial charge >= 0.3 is 5.69 Å². The Morgan fingerprint density at radius 1 is 1.60 bits per heavy atom. The molecule has 0 bridgehead atoms. The quantitative estimate of drug-likeness (QED) is 0.668. The van der Waals surface area contributed by atoms with Crippen LogP contribution >= 0.6 is 11.3 Å². The number of nitro groups is 1. The van der Waals surface area contributed by atoms with Gasteiger partial charge in [0.1, 0.15) is 0 Å². The van der Waals surface area contributed by atoms with Crippen LogP contribution in [0.1, 0.15) is 37.7 Å². The van der Waals surface area contributed by atoms with E-state index in [4.69, 9.17) is 4.74 Å². The summed E-state index contributed by atoms with van der Waals surface area (Å²) in [6.07, 6.45) is 1.35. The Hall–Kier alpha value is -1.18. The number of anilines is 1. The smallest absolute Gasteiger partial charge is 0.304 e. The first-order valence-corrected chi connectivity index (χ1v) is 7.67. The van der Waals surface area contributed by atoms with Gasteiger partial charge in [-0.2, -0.15) is 0 Å². The molecule has 1 fully saturated rings. The molecule has 0 spiro atoms. The fraction of sp³-hybridized carbons (Fsp3) is 0.692. The van der Waals surface area contributed by atoms with Crippen LogP contribution in [0.3, 0.4) is 0 Å². The van der Waals surface area contributed by atoms with E-state index in [1.807, 2.05) is 11.8 Å². The summed E-state index contributed by atoms with van der Waals surface area (Å²) < 4.78 is 5.59. The van der Waals surface area contributed by atoms with E-state index < -0.39 is 6.10 Å². The molecule has 1 aliphatic heterocycles. The van der Waals surface area contributed by atoms with Crippen molar-refractivity contribution in [1.29, 1.82) is 0 Å². The van der Waals surface area contributed by atoms with Gasteiger partial charge in [0.25, 0.3) is 0 Å². The highest BCUT2D eigenvalue weighted by Gasteiger charge is 2.28. The van der Waals surface area contributed by atoms with Crippen LogP contribution in [0.25, 0.3) is 0 Å². The Labute approximate surface area is 122 Å². The Morgan fingerprint density at radius 2 is 2.25 bits per heavy atom. The van der Waals surface area contributed by atoms with Crippen molar-refractivity contribution in [3.05, 3.63) is 21.1 Å². The molecule has 0 radical (unpaired) electrons. The second kappa shape index (κ2) is 6.51. The van der Waals surface area contributed by atoms with Gasteiger partial charge in [-0.15, -0.1) is 11.3 Å². The van der Waals surface area contributed by atoms with Gasteiger partial charge < -0.3 is 14.7 Å².